The lowest BCUT2D eigenvalue weighted by atomic mass is 9.86. The van der Waals surface area contributed by atoms with Crippen LogP contribution in [0.15, 0.2) is 36.5 Å². The summed E-state index contributed by atoms with van der Waals surface area (Å²) in [4.78, 5) is 14.5. The van der Waals surface area contributed by atoms with Gasteiger partial charge in [0.25, 0.3) is 0 Å². The minimum atomic E-state index is -0.438. The maximum atomic E-state index is 12.6. The van der Waals surface area contributed by atoms with Crippen molar-refractivity contribution in [1.29, 1.82) is 0 Å². The topological polar surface area (TPSA) is 64.2 Å². The van der Waals surface area contributed by atoms with Crippen LogP contribution < -0.4 is 10.6 Å². The number of para-hydroxylation sites is 1. The molecule has 1 aromatic heterocycles. The molecule has 0 spiro atoms. The van der Waals surface area contributed by atoms with Gasteiger partial charge in [0.1, 0.15) is 5.82 Å². The molecule has 0 fully saturated rings. The average molecular weight is 284 g/mol. The summed E-state index contributed by atoms with van der Waals surface area (Å²) in [5.41, 5.74) is 7.30. The second-order valence-electron chi connectivity index (χ2n) is 5.96. The van der Waals surface area contributed by atoms with E-state index in [4.69, 9.17) is 5.73 Å². The first-order valence-corrected chi connectivity index (χ1v) is 7.20. The first-order chi connectivity index (χ1) is 10.00. The van der Waals surface area contributed by atoms with Gasteiger partial charge in [0.15, 0.2) is 0 Å². The number of rotatable bonds is 4. The van der Waals surface area contributed by atoms with Crippen LogP contribution >= 0.6 is 0 Å². The molecule has 2 N–H and O–H groups in total. The van der Waals surface area contributed by atoms with E-state index in [1.165, 1.54) is 0 Å². The summed E-state index contributed by atoms with van der Waals surface area (Å²) < 4.78 is 1.81. The Labute approximate surface area is 124 Å². The monoisotopic (exact) mass is 284 g/mol. The van der Waals surface area contributed by atoms with E-state index in [1.54, 1.807) is 6.07 Å². The third-order valence-corrected chi connectivity index (χ3v) is 4.08. The Morgan fingerprint density at radius 1 is 1.19 bits per heavy atom. The summed E-state index contributed by atoms with van der Waals surface area (Å²) in [5, 5.41) is 4.16. The zero-order chi connectivity index (χ0) is 15.0. The van der Waals surface area contributed by atoms with Gasteiger partial charge in [0.05, 0.1) is 5.41 Å². The molecule has 0 atom stereocenters. The van der Waals surface area contributed by atoms with Crippen LogP contribution in [0.4, 0.5) is 11.5 Å². The van der Waals surface area contributed by atoms with Crippen LogP contribution in [-0.2, 0) is 16.8 Å². The molecule has 2 aromatic rings. The lowest BCUT2D eigenvalue weighted by molar-refractivity contribution is -0.122. The number of nitrogens with two attached hydrogens (primary N) is 1. The van der Waals surface area contributed by atoms with Crippen LogP contribution in [0.1, 0.15) is 25.8 Å². The van der Waals surface area contributed by atoms with E-state index in [2.05, 4.69) is 5.10 Å². The minimum Gasteiger partial charge on any atom is -0.382 e. The molecule has 1 aromatic carbocycles. The highest BCUT2D eigenvalue weighted by Gasteiger charge is 2.43. The van der Waals surface area contributed by atoms with E-state index in [0.29, 0.717) is 12.4 Å². The predicted octanol–water partition coefficient (Wildman–Crippen LogP) is 2.18. The zero-order valence-electron chi connectivity index (χ0n) is 12.4. The number of carbonyl (C=O) groups excluding carboxylic acids is 1. The van der Waals surface area contributed by atoms with E-state index in [0.717, 1.165) is 24.2 Å². The Kier molecular flexibility index (Phi) is 3.20. The molecule has 0 bridgehead atoms. The molecule has 0 saturated carbocycles. The Bertz CT molecular complexity index is 674. The Hall–Kier alpha value is -2.30. The largest absolute Gasteiger partial charge is 0.382 e. The zero-order valence-corrected chi connectivity index (χ0v) is 12.4. The second-order valence-corrected chi connectivity index (χ2v) is 5.96. The molecule has 3 rings (SSSR count). The minimum absolute atomic E-state index is 0.170. The lowest BCUT2D eigenvalue weighted by Crippen LogP contribution is -2.37. The summed E-state index contributed by atoms with van der Waals surface area (Å²) in [6.07, 6.45) is 2.70. The number of fused-ring (bicyclic) bond motifs is 1. The first-order valence-electron chi connectivity index (χ1n) is 7.20. The summed E-state index contributed by atoms with van der Waals surface area (Å²) in [7, 11) is 0. The Morgan fingerprint density at radius 3 is 2.67 bits per heavy atom. The van der Waals surface area contributed by atoms with E-state index in [-0.39, 0.29) is 5.91 Å². The molecule has 1 aliphatic rings. The molecule has 5 nitrogen and oxygen atoms in total. The SMILES string of the molecule is CC1(C)C(=O)N(CCCn2ccc(N)n2)c2ccccc21. The number of aryl methyl sites for hydroxylation is 1. The van der Waals surface area contributed by atoms with Gasteiger partial charge in [-0.2, -0.15) is 5.10 Å². The fourth-order valence-electron chi connectivity index (χ4n) is 2.91. The number of aromatic nitrogens is 2. The molecule has 1 aliphatic heterocycles. The first kappa shape index (κ1) is 13.7. The molecular weight excluding hydrogens is 264 g/mol. The van der Waals surface area contributed by atoms with E-state index in [1.807, 2.05) is 53.9 Å². The van der Waals surface area contributed by atoms with Crippen LogP contribution in [0.2, 0.25) is 0 Å². The van der Waals surface area contributed by atoms with Gasteiger partial charge in [-0.15, -0.1) is 0 Å². The van der Waals surface area contributed by atoms with Gasteiger partial charge in [-0.25, -0.2) is 0 Å². The van der Waals surface area contributed by atoms with E-state index >= 15 is 0 Å². The van der Waals surface area contributed by atoms with Crippen molar-refractivity contribution < 1.29 is 4.79 Å². The van der Waals surface area contributed by atoms with E-state index < -0.39 is 5.41 Å². The molecule has 0 saturated heterocycles. The highest BCUT2D eigenvalue weighted by Crippen LogP contribution is 2.41. The van der Waals surface area contributed by atoms with Gasteiger partial charge in [-0.05, 0) is 38.0 Å². The van der Waals surface area contributed by atoms with Gasteiger partial charge in [-0.3, -0.25) is 9.48 Å². The van der Waals surface area contributed by atoms with Crippen molar-refractivity contribution in [3.05, 3.63) is 42.1 Å². The van der Waals surface area contributed by atoms with Gasteiger partial charge < -0.3 is 10.6 Å². The standard InChI is InChI=1S/C16H20N4O/c1-16(2)12-6-3-4-7-13(12)20(15(16)21)10-5-9-19-11-8-14(17)18-19/h3-4,6-8,11H,5,9-10H2,1-2H3,(H2,17,18). The lowest BCUT2D eigenvalue weighted by Gasteiger charge is -2.20. The molecule has 0 unspecified atom stereocenters. The van der Waals surface area contributed by atoms with Crippen molar-refractivity contribution >= 4 is 17.4 Å². The number of anilines is 2. The van der Waals surface area contributed by atoms with Crippen molar-refractivity contribution in [3.8, 4) is 0 Å². The van der Waals surface area contributed by atoms with Crippen molar-refractivity contribution in [2.45, 2.75) is 32.2 Å². The Balaban J connectivity index is 1.72. The Morgan fingerprint density at radius 2 is 1.95 bits per heavy atom. The predicted molar refractivity (Wildman–Crippen MR) is 83.1 cm³/mol. The number of carbonyl (C=O) groups is 1. The van der Waals surface area contributed by atoms with Gasteiger partial charge in [0, 0.05) is 25.0 Å². The summed E-state index contributed by atoms with van der Waals surface area (Å²) >= 11 is 0. The van der Waals surface area contributed by atoms with Crippen LogP contribution in [0, 0.1) is 0 Å². The van der Waals surface area contributed by atoms with Crippen LogP contribution in [0.25, 0.3) is 0 Å². The molecule has 110 valence electrons. The van der Waals surface area contributed by atoms with Gasteiger partial charge >= 0.3 is 0 Å². The summed E-state index contributed by atoms with van der Waals surface area (Å²) in [5.74, 6) is 0.697. The van der Waals surface area contributed by atoms with Gasteiger partial charge in [-0.1, -0.05) is 18.2 Å². The highest BCUT2D eigenvalue weighted by molar-refractivity contribution is 6.07. The van der Waals surface area contributed by atoms with Crippen LogP contribution in [-0.4, -0.2) is 22.2 Å². The van der Waals surface area contributed by atoms with Crippen molar-refractivity contribution in [2.75, 3.05) is 17.2 Å². The van der Waals surface area contributed by atoms with Crippen molar-refractivity contribution in [1.82, 2.24) is 9.78 Å². The third kappa shape index (κ3) is 2.28. The summed E-state index contributed by atoms with van der Waals surface area (Å²) in [6, 6.07) is 9.81. The maximum Gasteiger partial charge on any atom is 0.237 e. The fourth-order valence-corrected chi connectivity index (χ4v) is 2.91. The molecule has 0 radical (unpaired) electrons. The average Bonchev–Trinajstić information content (AvgIpc) is 2.95. The maximum absolute atomic E-state index is 12.6. The smallest absolute Gasteiger partial charge is 0.237 e. The van der Waals surface area contributed by atoms with Crippen molar-refractivity contribution in [2.24, 2.45) is 0 Å². The molecule has 5 heteroatoms. The van der Waals surface area contributed by atoms with Crippen LogP contribution in [0.5, 0.6) is 0 Å². The molecule has 2 heterocycles. The van der Waals surface area contributed by atoms with Gasteiger partial charge in [0.2, 0.25) is 5.91 Å². The highest BCUT2D eigenvalue weighted by atomic mass is 16.2. The number of nitrogen functional groups attached to an aromatic ring is 1. The number of amides is 1. The van der Waals surface area contributed by atoms with Crippen molar-refractivity contribution in [3.63, 3.8) is 0 Å². The molecule has 21 heavy (non-hydrogen) atoms. The second kappa shape index (κ2) is 4.91. The molecule has 1 amide bonds. The fraction of sp³-hybridized carbons (Fsp3) is 0.375. The van der Waals surface area contributed by atoms with E-state index in [9.17, 15) is 4.79 Å². The number of hydrogen-bond acceptors (Lipinski definition) is 3. The number of nitrogens with zero attached hydrogens (tertiary/aromatic N) is 3. The van der Waals surface area contributed by atoms with Crippen LogP contribution in [0.3, 0.4) is 0 Å². The normalized spacial score (nSPS) is 16.3. The number of benzene rings is 1. The third-order valence-electron chi connectivity index (χ3n) is 4.08. The molecular formula is C16H20N4O. The summed E-state index contributed by atoms with van der Waals surface area (Å²) in [6.45, 7) is 5.42. The number of hydrogen-bond donors (Lipinski definition) is 1. The quantitative estimate of drug-likeness (QED) is 0.936. The molecule has 0 aliphatic carbocycles.